The molecule has 6 atom stereocenters. The Morgan fingerprint density at radius 3 is 2.70 bits per heavy atom. The molecule has 1 aromatic heterocycles. The molecule has 3 aliphatic carbocycles. The number of phenolic OH excluding ortho intramolecular Hbond substituents is 1. The zero-order valence-electron chi connectivity index (χ0n) is 32.0. The van der Waals surface area contributed by atoms with Crippen LogP contribution in [0.1, 0.15) is 88.2 Å². The molecule has 300 valence electrons. The summed E-state index contributed by atoms with van der Waals surface area (Å²) in [4.78, 5) is 64.9. The van der Waals surface area contributed by atoms with Gasteiger partial charge in [0, 0.05) is 54.0 Å². The van der Waals surface area contributed by atoms with E-state index in [1.165, 1.54) is 12.1 Å². The van der Waals surface area contributed by atoms with Crippen molar-refractivity contribution in [2.45, 2.75) is 69.9 Å². The van der Waals surface area contributed by atoms with Gasteiger partial charge in [-0.05, 0) is 58.2 Å². The Kier molecular flexibility index (Phi) is 10.9. The predicted octanol–water partition coefficient (Wildman–Crippen LogP) is 4.31. The third-order valence-corrected chi connectivity index (χ3v) is 11.7. The number of aliphatic hydroxyl groups is 1. The van der Waals surface area contributed by atoms with Crippen molar-refractivity contribution < 1.29 is 48.3 Å². The number of aromatic nitrogens is 1. The first-order valence-electron chi connectivity index (χ1n) is 19.7. The van der Waals surface area contributed by atoms with Gasteiger partial charge in [-0.3, -0.25) is 24.3 Å². The Bertz CT molecular complexity index is 2180. The van der Waals surface area contributed by atoms with Gasteiger partial charge in [0.05, 0.1) is 42.1 Å². The van der Waals surface area contributed by atoms with Gasteiger partial charge in [0.2, 0.25) is 5.78 Å². The van der Waals surface area contributed by atoms with E-state index in [0.717, 1.165) is 52.1 Å². The van der Waals surface area contributed by atoms with Crippen LogP contribution in [-0.2, 0) is 24.6 Å². The average Bonchev–Trinajstić information content (AvgIpc) is 3.20. The number of allylic oxidation sites excluding steroid dienone is 6. The van der Waals surface area contributed by atoms with Crippen LogP contribution in [0.15, 0.2) is 64.5 Å². The number of carbonyl (C=O) groups is 3. The highest BCUT2D eigenvalue weighted by atomic mass is 16.7. The number of ether oxygens (including phenoxy) is 5. The van der Waals surface area contributed by atoms with Crippen molar-refractivity contribution in [3.63, 3.8) is 0 Å². The first kappa shape index (κ1) is 38.7. The van der Waals surface area contributed by atoms with E-state index in [0.29, 0.717) is 24.4 Å². The Hall–Kier alpha value is -5.15. The average molecular weight is 782 g/mol. The molecule has 1 aromatic carbocycles. The van der Waals surface area contributed by atoms with E-state index in [-0.39, 0.29) is 47.0 Å². The van der Waals surface area contributed by atoms with Crippen molar-refractivity contribution >= 4 is 23.2 Å². The maximum Gasteiger partial charge on any atom is 0.331 e. The summed E-state index contributed by atoms with van der Waals surface area (Å²) < 4.78 is 30.2. The van der Waals surface area contributed by atoms with Gasteiger partial charge in [-0.1, -0.05) is 42.9 Å². The molecule has 0 amide bonds. The lowest BCUT2D eigenvalue weighted by Gasteiger charge is -2.48. The number of hydrogen-bond donors (Lipinski definition) is 3. The number of fused-ring (bicyclic) bond motifs is 6. The van der Waals surface area contributed by atoms with Crippen LogP contribution in [0.3, 0.4) is 0 Å². The van der Waals surface area contributed by atoms with E-state index in [4.69, 9.17) is 28.7 Å². The highest BCUT2D eigenvalue weighted by Crippen LogP contribution is 2.62. The molecule has 57 heavy (non-hydrogen) atoms. The summed E-state index contributed by atoms with van der Waals surface area (Å²) in [6, 6.07) is 1.44. The van der Waals surface area contributed by atoms with Crippen LogP contribution in [0.5, 0.6) is 17.2 Å². The van der Waals surface area contributed by atoms with Gasteiger partial charge in [-0.25, -0.2) is 4.79 Å². The number of aromatic amines is 1. The van der Waals surface area contributed by atoms with Gasteiger partial charge in [0.25, 0.3) is 5.56 Å². The molecule has 0 bridgehead atoms. The van der Waals surface area contributed by atoms with Gasteiger partial charge >= 0.3 is 5.97 Å². The number of aromatic hydroxyl groups is 1. The summed E-state index contributed by atoms with van der Waals surface area (Å²) in [6.45, 7) is 7.87. The summed E-state index contributed by atoms with van der Waals surface area (Å²) in [5.74, 6) is -4.35. The number of rotatable bonds is 10. The predicted molar refractivity (Wildman–Crippen MR) is 207 cm³/mol. The topological polar surface area (TPSA) is 186 Å². The van der Waals surface area contributed by atoms with E-state index in [2.05, 4.69) is 9.88 Å². The number of nitrogens with one attached hydrogen (secondary N) is 1. The number of ketones is 2. The molecule has 14 nitrogen and oxygen atoms in total. The summed E-state index contributed by atoms with van der Waals surface area (Å²) in [5.41, 5.74) is -3.15. The number of unbranched alkanes of at least 4 members (excludes halogenated alkanes) is 2. The third kappa shape index (κ3) is 6.88. The maximum absolute atomic E-state index is 14.5. The molecule has 14 heteroatoms. The van der Waals surface area contributed by atoms with Crippen molar-refractivity contribution in [1.82, 2.24) is 9.88 Å². The summed E-state index contributed by atoms with van der Waals surface area (Å²) in [6.07, 6.45) is 14.2. The fourth-order valence-electron chi connectivity index (χ4n) is 9.02. The molecule has 0 spiro atoms. The minimum atomic E-state index is -2.63. The minimum Gasteiger partial charge on any atom is -0.507 e. The van der Waals surface area contributed by atoms with Crippen LogP contribution in [0, 0.1) is 18.8 Å². The van der Waals surface area contributed by atoms with Crippen molar-refractivity contribution in [3.8, 4) is 17.2 Å². The molecule has 3 aliphatic heterocycles. The van der Waals surface area contributed by atoms with Crippen LogP contribution in [0.4, 0.5) is 0 Å². The molecule has 8 rings (SSSR count). The number of phenols is 1. The van der Waals surface area contributed by atoms with Crippen molar-refractivity contribution in [3.05, 3.63) is 98.5 Å². The highest BCUT2D eigenvalue weighted by molar-refractivity contribution is 6.20. The molecule has 0 unspecified atom stereocenters. The second-order valence-electron chi connectivity index (χ2n) is 15.2. The second kappa shape index (κ2) is 16.0. The Morgan fingerprint density at radius 1 is 1.09 bits per heavy atom. The number of aliphatic imine (C=N–C) groups is 1. The number of morpholine rings is 1. The number of H-pyrrole nitrogens is 1. The van der Waals surface area contributed by atoms with E-state index >= 15 is 0 Å². The third-order valence-electron chi connectivity index (χ3n) is 11.7. The molecule has 1 fully saturated rings. The normalized spacial score (nSPS) is 28.5. The van der Waals surface area contributed by atoms with E-state index in [1.54, 1.807) is 31.2 Å². The summed E-state index contributed by atoms with van der Waals surface area (Å²) in [7, 11) is 0. The molecular formula is C43H47N3O11. The fourth-order valence-corrected chi connectivity index (χ4v) is 9.02. The molecule has 6 aliphatic rings. The van der Waals surface area contributed by atoms with Crippen LogP contribution >= 0.6 is 0 Å². The lowest BCUT2D eigenvalue weighted by molar-refractivity contribution is -0.146. The van der Waals surface area contributed by atoms with E-state index < -0.39 is 70.2 Å². The van der Waals surface area contributed by atoms with Crippen molar-refractivity contribution in [2.75, 3.05) is 46.2 Å². The smallest absolute Gasteiger partial charge is 0.331 e. The monoisotopic (exact) mass is 781 g/mol. The highest BCUT2D eigenvalue weighted by Gasteiger charge is 2.63. The zero-order valence-corrected chi connectivity index (χ0v) is 32.0. The van der Waals surface area contributed by atoms with Gasteiger partial charge in [-0.2, -0.15) is 0 Å². The largest absolute Gasteiger partial charge is 0.507 e. The number of nitrogens with zero attached hydrogens (tertiary/aromatic N) is 2. The molecule has 3 N–H and O–H groups in total. The first-order valence-corrected chi connectivity index (χ1v) is 19.7. The lowest BCUT2D eigenvalue weighted by atomic mass is 9.60. The molecule has 2 aromatic rings. The quantitative estimate of drug-likeness (QED) is 0.102. The summed E-state index contributed by atoms with van der Waals surface area (Å²) in [5, 5.41) is 25.2. The molecule has 0 saturated carbocycles. The van der Waals surface area contributed by atoms with Gasteiger partial charge in [0.1, 0.15) is 11.9 Å². The number of Topliss-reactive ketones (excluding diaryl/α,β-unsaturated/α-hetero) is 2. The Balaban J connectivity index is 1.20. The van der Waals surface area contributed by atoms with Crippen LogP contribution in [-0.4, -0.2) is 102 Å². The van der Waals surface area contributed by atoms with E-state index in [1.807, 2.05) is 25.2 Å². The van der Waals surface area contributed by atoms with E-state index in [9.17, 15) is 29.4 Å². The van der Waals surface area contributed by atoms with Gasteiger partial charge in [0.15, 0.2) is 35.8 Å². The van der Waals surface area contributed by atoms with Crippen LogP contribution < -0.4 is 15.0 Å². The minimum absolute atomic E-state index is 0.0793. The van der Waals surface area contributed by atoms with Crippen molar-refractivity contribution in [1.29, 1.82) is 0 Å². The number of aryl methyl sites for hydroxylation is 1. The SMILES string of the molecule is C/C=C/C=C/C=C/C(=O)O[C@@H]1C=CC[C@H]2C(=NCCCCCN3CCOCC3)c3c(O)c4c5c(c3O[C@H]12)OCO[C@@H]5C[C@@H]1C(=O)c2cc(C)[nH]c(=O)c2C(=O)[C@]41O. The van der Waals surface area contributed by atoms with Crippen LogP contribution in [0.25, 0.3) is 0 Å². The Labute approximate surface area is 329 Å². The second-order valence-corrected chi connectivity index (χ2v) is 15.2. The number of hydrogen-bond acceptors (Lipinski definition) is 13. The standard InChI is InChI=1S/C43H47N3O11/c1-3-4-5-6-8-14-30(47)56-28-13-11-12-25-35(44-15-9-7-10-16-46-17-19-53-20-18-46)33-37(49)34-32-29(54-23-55-39(32)40(33)57-38(25)28)22-27-36(48)26-21-24(2)45-42(51)31(26)41(50)43(27,34)52/h3-6,8,11,13-14,21,25,27-29,38,49,52H,7,9-10,12,15-20,22-23H2,1-2H3,(H,45,51)/b4-3+,6-5+,14-8+,44-35?/t25-,27+,28+,29+,38-,43+/m0/s1. The summed E-state index contributed by atoms with van der Waals surface area (Å²) >= 11 is 0. The zero-order chi connectivity index (χ0) is 39.8. The Morgan fingerprint density at radius 2 is 1.89 bits per heavy atom. The van der Waals surface area contributed by atoms with Crippen LogP contribution in [0.2, 0.25) is 0 Å². The molecular weight excluding hydrogens is 734 g/mol. The number of carbonyl (C=O) groups excluding carboxylic acids is 3. The lowest BCUT2D eigenvalue weighted by Crippen LogP contribution is -2.56. The number of pyridine rings is 1. The van der Waals surface area contributed by atoms with Crippen molar-refractivity contribution in [2.24, 2.45) is 16.8 Å². The number of esters is 1. The molecule has 0 radical (unpaired) electrons. The fraction of sp³-hybridized carbons (Fsp3) is 0.465. The molecule has 1 saturated heterocycles. The van der Waals surface area contributed by atoms with Gasteiger partial charge < -0.3 is 38.9 Å². The first-order chi connectivity index (χ1) is 27.6. The van der Waals surface area contributed by atoms with Gasteiger partial charge in [-0.15, -0.1) is 0 Å². The molecule has 4 heterocycles. The number of benzene rings is 1. The maximum atomic E-state index is 14.5.